The molecule has 0 spiro atoms. The monoisotopic (exact) mass is 159 g/mol. The van der Waals surface area contributed by atoms with Gasteiger partial charge in [-0.3, -0.25) is 0 Å². The summed E-state index contributed by atoms with van der Waals surface area (Å²) in [4.78, 5) is 0. The molecule has 1 nitrogen and oxygen atoms in total. The number of hydrogen-bond acceptors (Lipinski definition) is 0. The molecular formula is C11H13N. The minimum atomic E-state index is 1.09. The van der Waals surface area contributed by atoms with Gasteiger partial charge < -0.3 is 4.57 Å². The average Bonchev–Trinajstić information content (AvgIpc) is 2.59. The predicted octanol–water partition coefficient (Wildman–Crippen LogP) is 2.76. The van der Waals surface area contributed by atoms with Crippen LogP contribution in [0.15, 0.2) is 36.1 Å². The first kappa shape index (κ1) is 7.41. The maximum Gasteiger partial charge on any atom is 0.0477 e. The topological polar surface area (TPSA) is 4.93 Å². The fraction of sp³-hybridized carbons (Fsp3) is 0.273. The van der Waals surface area contributed by atoms with Gasteiger partial charge in [-0.15, -0.1) is 0 Å². The largest absolute Gasteiger partial charge is 0.351 e. The van der Waals surface area contributed by atoms with E-state index in [1.54, 1.807) is 0 Å². The van der Waals surface area contributed by atoms with Gasteiger partial charge in [-0.25, -0.2) is 0 Å². The van der Waals surface area contributed by atoms with Crippen molar-refractivity contribution in [2.75, 3.05) is 0 Å². The summed E-state index contributed by atoms with van der Waals surface area (Å²) in [7, 11) is 2.09. The highest BCUT2D eigenvalue weighted by Gasteiger charge is 2.09. The van der Waals surface area contributed by atoms with Gasteiger partial charge in [0.15, 0.2) is 0 Å². The van der Waals surface area contributed by atoms with E-state index in [1.165, 1.54) is 16.8 Å². The van der Waals surface area contributed by atoms with E-state index >= 15 is 0 Å². The van der Waals surface area contributed by atoms with E-state index in [4.69, 9.17) is 0 Å². The standard InChI is InChI=1S/C11H13N/c1-9-5-3-6-10(9)11-7-4-8-12(11)2/h4-8H,3H2,1-2H3. The van der Waals surface area contributed by atoms with Gasteiger partial charge in [-0.05, 0) is 36.6 Å². The summed E-state index contributed by atoms with van der Waals surface area (Å²) < 4.78 is 2.16. The van der Waals surface area contributed by atoms with Gasteiger partial charge in [0, 0.05) is 18.9 Å². The van der Waals surface area contributed by atoms with Crippen molar-refractivity contribution in [2.45, 2.75) is 13.3 Å². The van der Waals surface area contributed by atoms with Crippen molar-refractivity contribution in [3.8, 4) is 0 Å². The quantitative estimate of drug-likeness (QED) is 0.593. The van der Waals surface area contributed by atoms with Crippen LogP contribution in [-0.4, -0.2) is 4.57 Å². The predicted molar refractivity (Wildman–Crippen MR) is 51.8 cm³/mol. The van der Waals surface area contributed by atoms with E-state index in [9.17, 15) is 0 Å². The second kappa shape index (κ2) is 2.67. The van der Waals surface area contributed by atoms with Crippen LogP contribution in [0.1, 0.15) is 19.0 Å². The molecule has 1 aromatic heterocycles. The number of rotatable bonds is 1. The normalized spacial score (nSPS) is 16.2. The Balaban J connectivity index is 2.44. The third-order valence-electron chi connectivity index (χ3n) is 2.39. The second-order valence-electron chi connectivity index (χ2n) is 3.24. The molecule has 2 rings (SSSR count). The average molecular weight is 159 g/mol. The van der Waals surface area contributed by atoms with Crippen LogP contribution in [-0.2, 0) is 7.05 Å². The molecule has 1 aliphatic rings. The molecule has 0 saturated heterocycles. The van der Waals surface area contributed by atoms with Gasteiger partial charge in [-0.1, -0.05) is 12.2 Å². The highest BCUT2D eigenvalue weighted by atomic mass is 14.9. The molecule has 1 aromatic rings. The molecule has 0 amide bonds. The van der Waals surface area contributed by atoms with Crippen molar-refractivity contribution in [1.29, 1.82) is 0 Å². The molecule has 1 heterocycles. The number of hydrogen-bond donors (Lipinski definition) is 0. The molecule has 0 bridgehead atoms. The molecule has 0 N–H and O–H groups in total. The molecule has 0 aliphatic heterocycles. The minimum Gasteiger partial charge on any atom is -0.351 e. The zero-order valence-electron chi connectivity index (χ0n) is 7.54. The van der Waals surface area contributed by atoms with Gasteiger partial charge in [0.05, 0.1) is 0 Å². The number of aromatic nitrogens is 1. The first-order valence-electron chi connectivity index (χ1n) is 4.28. The molecule has 12 heavy (non-hydrogen) atoms. The van der Waals surface area contributed by atoms with Crippen molar-refractivity contribution in [2.24, 2.45) is 7.05 Å². The Bertz CT molecular complexity index is 353. The molecular weight excluding hydrogens is 146 g/mol. The fourth-order valence-electron chi connectivity index (χ4n) is 1.67. The molecule has 0 unspecified atom stereocenters. The van der Waals surface area contributed by atoms with Crippen LogP contribution in [0.3, 0.4) is 0 Å². The third kappa shape index (κ3) is 1.02. The maximum atomic E-state index is 2.28. The lowest BCUT2D eigenvalue weighted by molar-refractivity contribution is 0.909. The lowest BCUT2D eigenvalue weighted by Crippen LogP contribution is -1.93. The molecule has 0 atom stereocenters. The number of allylic oxidation sites excluding steroid dienone is 4. The van der Waals surface area contributed by atoms with E-state index in [0.29, 0.717) is 0 Å². The Morgan fingerprint density at radius 2 is 2.17 bits per heavy atom. The van der Waals surface area contributed by atoms with Crippen LogP contribution >= 0.6 is 0 Å². The molecule has 1 heteroatoms. The van der Waals surface area contributed by atoms with Crippen molar-refractivity contribution in [3.63, 3.8) is 0 Å². The zero-order valence-corrected chi connectivity index (χ0v) is 7.54. The van der Waals surface area contributed by atoms with Crippen molar-refractivity contribution >= 4 is 5.57 Å². The minimum absolute atomic E-state index is 1.09. The van der Waals surface area contributed by atoms with Crippen molar-refractivity contribution in [1.82, 2.24) is 4.57 Å². The van der Waals surface area contributed by atoms with Crippen LogP contribution in [0.5, 0.6) is 0 Å². The van der Waals surface area contributed by atoms with E-state index in [2.05, 4.69) is 49.0 Å². The summed E-state index contributed by atoms with van der Waals surface area (Å²) in [6.45, 7) is 2.17. The van der Waals surface area contributed by atoms with Crippen LogP contribution < -0.4 is 0 Å². The second-order valence-corrected chi connectivity index (χ2v) is 3.24. The van der Waals surface area contributed by atoms with Crippen LogP contribution in [0.25, 0.3) is 5.57 Å². The molecule has 1 aliphatic carbocycles. The summed E-state index contributed by atoms with van der Waals surface area (Å²) in [6, 6.07) is 4.25. The first-order chi connectivity index (χ1) is 5.79. The van der Waals surface area contributed by atoms with E-state index in [0.717, 1.165) is 6.42 Å². The lowest BCUT2D eigenvalue weighted by atomic mass is 10.1. The molecule has 0 radical (unpaired) electrons. The van der Waals surface area contributed by atoms with Crippen LogP contribution in [0, 0.1) is 0 Å². The van der Waals surface area contributed by atoms with Gasteiger partial charge in [0.25, 0.3) is 0 Å². The summed E-state index contributed by atoms with van der Waals surface area (Å²) in [6.07, 6.45) is 7.72. The molecule has 0 saturated carbocycles. The summed E-state index contributed by atoms with van der Waals surface area (Å²) in [5, 5.41) is 0. The maximum absolute atomic E-state index is 2.28. The Morgan fingerprint density at radius 3 is 2.67 bits per heavy atom. The highest BCUT2D eigenvalue weighted by molar-refractivity contribution is 5.79. The Labute approximate surface area is 73.0 Å². The summed E-state index contributed by atoms with van der Waals surface area (Å²) in [5.74, 6) is 0. The van der Waals surface area contributed by atoms with E-state index in [1.807, 2.05) is 0 Å². The zero-order chi connectivity index (χ0) is 8.55. The van der Waals surface area contributed by atoms with E-state index < -0.39 is 0 Å². The van der Waals surface area contributed by atoms with Gasteiger partial charge in [0.1, 0.15) is 0 Å². The number of aryl methyl sites for hydroxylation is 1. The van der Waals surface area contributed by atoms with Crippen LogP contribution in [0.4, 0.5) is 0 Å². The van der Waals surface area contributed by atoms with Crippen molar-refractivity contribution in [3.05, 3.63) is 41.7 Å². The Kier molecular flexibility index (Phi) is 1.65. The van der Waals surface area contributed by atoms with Gasteiger partial charge in [-0.2, -0.15) is 0 Å². The molecule has 62 valence electrons. The Morgan fingerprint density at radius 1 is 1.33 bits per heavy atom. The SMILES string of the molecule is CC1=CCC=C1c1cccn1C. The third-order valence-corrected chi connectivity index (χ3v) is 2.39. The smallest absolute Gasteiger partial charge is 0.0477 e. The molecule has 0 fully saturated rings. The van der Waals surface area contributed by atoms with Crippen molar-refractivity contribution < 1.29 is 0 Å². The van der Waals surface area contributed by atoms with Gasteiger partial charge in [0.2, 0.25) is 0 Å². The highest BCUT2D eigenvalue weighted by Crippen LogP contribution is 2.28. The first-order valence-corrected chi connectivity index (χ1v) is 4.28. The summed E-state index contributed by atoms with van der Waals surface area (Å²) >= 11 is 0. The van der Waals surface area contributed by atoms with Gasteiger partial charge >= 0.3 is 0 Å². The summed E-state index contributed by atoms with van der Waals surface area (Å²) in [5.41, 5.74) is 4.11. The van der Waals surface area contributed by atoms with E-state index in [-0.39, 0.29) is 0 Å². The fourth-order valence-corrected chi connectivity index (χ4v) is 1.67. The molecule has 0 aromatic carbocycles. The van der Waals surface area contributed by atoms with Crippen LogP contribution in [0.2, 0.25) is 0 Å². The lowest BCUT2D eigenvalue weighted by Gasteiger charge is -2.05. The Hall–Kier alpha value is -1.24. The number of nitrogens with zero attached hydrogens (tertiary/aromatic N) is 1.